The third-order valence-corrected chi connectivity index (χ3v) is 2.11. The summed E-state index contributed by atoms with van der Waals surface area (Å²) in [4.78, 5) is 6.71. The summed E-state index contributed by atoms with van der Waals surface area (Å²) < 4.78 is 0. The molecule has 0 saturated heterocycles. The van der Waals surface area contributed by atoms with Crippen molar-refractivity contribution in [2.75, 3.05) is 13.6 Å². The lowest BCUT2D eigenvalue weighted by Gasteiger charge is -2.14. The predicted octanol–water partition coefficient (Wildman–Crippen LogP) is 1.38. The van der Waals surface area contributed by atoms with Gasteiger partial charge >= 0.3 is 0 Å². The fraction of sp³-hybridized carbons (Fsp3) is 0.545. The van der Waals surface area contributed by atoms with Crippen LogP contribution in [0.2, 0.25) is 0 Å². The molecule has 1 heterocycles. The minimum atomic E-state index is 0.519. The maximum atomic E-state index is 5.53. The Morgan fingerprint density at radius 1 is 1.36 bits per heavy atom. The minimum Gasteiger partial charge on any atom is -0.325 e. The van der Waals surface area contributed by atoms with Crippen LogP contribution in [0.1, 0.15) is 24.7 Å². The van der Waals surface area contributed by atoms with E-state index < -0.39 is 0 Å². The number of aromatic nitrogens is 1. The molecule has 14 heavy (non-hydrogen) atoms. The monoisotopic (exact) mass is 193 g/mol. The van der Waals surface area contributed by atoms with Crippen LogP contribution in [0.5, 0.6) is 0 Å². The fourth-order valence-corrected chi connectivity index (χ4v) is 1.47. The SMILES string of the molecule is CCCN(C)Cc1cccc(CN)n1. The average molecular weight is 193 g/mol. The van der Waals surface area contributed by atoms with Crippen molar-refractivity contribution in [2.24, 2.45) is 5.73 Å². The van der Waals surface area contributed by atoms with E-state index in [1.54, 1.807) is 0 Å². The molecule has 0 aliphatic rings. The molecule has 0 aromatic carbocycles. The number of hydrogen-bond donors (Lipinski definition) is 1. The Kier molecular flexibility index (Phi) is 4.56. The molecule has 0 saturated carbocycles. The van der Waals surface area contributed by atoms with Gasteiger partial charge in [-0.2, -0.15) is 0 Å². The van der Waals surface area contributed by atoms with Crippen LogP contribution in [0.4, 0.5) is 0 Å². The molecule has 3 heteroatoms. The Morgan fingerprint density at radius 2 is 2.07 bits per heavy atom. The highest BCUT2D eigenvalue weighted by Crippen LogP contribution is 2.02. The summed E-state index contributed by atoms with van der Waals surface area (Å²) in [7, 11) is 2.11. The first-order valence-corrected chi connectivity index (χ1v) is 5.09. The van der Waals surface area contributed by atoms with E-state index in [1.807, 2.05) is 18.2 Å². The number of rotatable bonds is 5. The molecule has 78 valence electrons. The van der Waals surface area contributed by atoms with Crippen LogP contribution in [0, 0.1) is 0 Å². The van der Waals surface area contributed by atoms with Crippen molar-refractivity contribution in [3.8, 4) is 0 Å². The van der Waals surface area contributed by atoms with Gasteiger partial charge in [0.25, 0.3) is 0 Å². The van der Waals surface area contributed by atoms with E-state index in [0.717, 1.165) is 24.5 Å². The summed E-state index contributed by atoms with van der Waals surface area (Å²) in [6.45, 7) is 4.71. The zero-order chi connectivity index (χ0) is 10.4. The Hall–Kier alpha value is -0.930. The molecule has 0 aliphatic heterocycles. The van der Waals surface area contributed by atoms with Crippen molar-refractivity contribution in [2.45, 2.75) is 26.4 Å². The molecule has 3 nitrogen and oxygen atoms in total. The maximum absolute atomic E-state index is 5.53. The third kappa shape index (κ3) is 3.44. The van der Waals surface area contributed by atoms with Crippen LogP contribution in [-0.4, -0.2) is 23.5 Å². The Balaban J connectivity index is 2.57. The number of pyridine rings is 1. The van der Waals surface area contributed by atoms with Crippen molar-refractivity contribution >= 4 is 0 Å². The summed E-state index contributed by atoms with van der Waals surface area (Å²) in [6, 6.07) is 6.03. The van der Waals surface area contributed by atoms with Gasteiger partial charge in [-0.3, -0.25) is 4.98 Å². The van der Waals surface area contributed by atoms with Gasteiger partial charge in [0.2, 0.25) is 0 Å². The standard InChI is InChI=1S/C11H19N3/c1-3-7-14(2)9-11-6-4-5-10(8-12)13-11/h4-6H,3,7-9,12H2,1-2H3. The average Bonchev–Trinajstić information content (AvgIpc) is 2.18. The fourth-order valence-electron chi connectivity index (χ4n) is 1.47. The van der Waals surface area contributed by atoms with Crippen LogP contribution in [-0.2, 0) is 13.1 Å². The smallest absolute Gasteiger partial charge is 0.0547 e. The van der Waals surface area contributed by atoms with Gasteiger partial charge in [-0.1, -0.05) is 13.0 Å². The van der Waals surface area contributed by atoms with Crippen LogP contribution in [0.3, 0.4) is 0 Å². The number of nitrogens with two attached hydrogens (primary N) is 1. The van der Waals surface area contributed by atoms with Gasteiger partial charge in [0, 0.05) is 13.1 Å². The molecule has 0 bridgehead atoms. The number of nitrogens with zero attached hydrogens (tertiary/aromatic N) is 2. The Bertz CT molecular complexity index is 273. The molecule has 0 radical (unpaired) electrons. The van der Waals surface area contributed by atoms with Crippen LogP contribution in [0.15, 0.2) is 18.2 Å². The molecule has 0 unspecified atom stereocenters. The van der Waals surface area contributed by atoms with E-state index in [0.29, 0.717) is 6.54 Å². The summed E-state index contributed by atoms with van der Waals surface area (Å²) in [6.07, 6.45) is 1.17. The third-order valence-electron chi connectivity index (χ3n) is 2.11. The molecular formula is C11H19N3. The second kappa shape index (κ2) is 5.73. The molecule has 0 amide bonds. The molecule has 0 fully saturated rings. The quantitative estimate of drug-likeness (QED) is 0.768. The van der Waals surface area contributed by atoms with Crippen molar-refractivity contribution in [3.63, 3.8) is 0 Å². The molecule has 2 N–H and O–H groups in total. The highest BCUT2D eigenvalue weighted by Gasteiger charge is 2.00. The lowest BCUT2D eigenvalue weighted by molar-refractivity contribution is 0.323. The second-order valence-corrected chi connectivity index (χ2v) is 3.56. The molecule has 1 aromatic heterocycles. The summed E-state index contributed by atoms with van der Waals surface area (Å²) >= 11 is 0. The Morgan fingerprint density at radius 3 is 2.71 bits per heavy atom. The van der Waals surface area contributed by atoms with Gasteiger partial charge in [-0.15, -0.1) is 0 Å². The van der Waals surface area contributed by atoms with Gasteiger partial charge in [-0.05, 0) is 32.1 Å². The first-order valence-electron chi connectivity index (χ1n) is 5.09. The van der Waals surface area contributed by atoms with E-state index in [1.165, 1.54) is 6.42 Å². The molecule has 1 rings (SSSR count). The first kappa shape index (κ1) is 11.1. The van der Waals surface area contributed by atoms with Gasteiger partial charge in [-0.25, -0.2) is 0 Å². The zero-order valence-corrected chi connectivity index (χ0v) is 9.03. The van der Waals surface area contributed by atoms with Crippen LogP contribution in [0.25, 0.3) is 0 Å². The summed E-state index contributed by atoms with van der Waals surface area (Å²) in [5.74, 6) is 0. The minimum absolute atomic E-state index is 0.519. The Labute approximate surface area is 85.9 Å². The predicted molar refractivity (Wildman–Crippen MR) is 58.8 cm³/mol. The lowest BCUT2D eigenvalue weighted by Crippen LogP contribution is -2.19. The lowest BCUT2D eigenvalue weighted by atomic mass is 10.3. The van der Waals surface area contributed by atoms with E-state index in [9.17, 15) is 0 Å². The second-order valence-electron chi connectivity index (χ2n) is 3.56. The highest BCUT2D eigenvalue weighted by atomic mass is 15.1. The van der Waals surface area contributed by atoms with E-state index in [2.05, 4.69) is 23.9 Å². The van der Waals surface area contributed by atoms with Gasteiger partial charge in [0.15, 0.2) is 0 Å². The molecule has 1 aromatic rings. The highest BCUT2D eigenvalue weighted by molar-refractivity contribution is 5.10. The van der Waals surface area contributed by atoms with Gasteiger partial charge in [0.1, 0.15) is 0 Å². The van der Waals surface area contributed by atoms with Gasteiger partial charge in [0.05, 0.1) is 11.4 Å². The van der Waals surface area contributed by atoms with Gasteiger partial charge < -0.3 is 10.6 Å². The topological polar surface area (TPSA) is 42.1 Å². The summed E-state index contributed by atoms with van der Waals surface area (Å²) in [5, 5.41) is 0. The van der Waals surface area contributed by atoms with E-state index >= 15 is 0 Å². The largest absolute Gasteiger partial charge is 0.325 e. The van der Waals surface area contributed by atoms with Crippen LogP contribution < -0.4 is 5.73 Å². The zero-order valence-electron chi connectivity index (χ0n) is 9.03. The number of hydrogen-bond acceptors (Lipinski definition) is 3. The van der Waals surface area contributed by atoms with E-state index in [-0.39, 0.29) is 0 Å². The molecular weight excluding hydrogens is 174 g/mol. The van der Waals surface area contributed by atoms with Crippen molar-refractivity contribution < 1.29 is 0 Å². The molecule has 0 aliphatic carbocycles. The first-order chi connectivity index (χ1) is 6.76. The normalized spacial score (nSPS) is 10.9. The van der Waals surface area contributed by atoms with Crippen molar-refractivity contribution in [1.82, 2.24) is 9.88 Å². The van der Waals surface area contributed by atoms with Crippen molar-refractivity contribution in [1.29, 1.82) is 0 Å². The van der Waals surface area contributed by atoms with Crippen LogP contribution >= 0.6 is 0 Å². The molecule has 0 atom stereocenters. The summed E-state index contributed by atoms with van der Waals surface area (Å²) in [5.41, 5.74) is 7.60. The van der Waals surface area contributed by atoms with E-state index in [4.69, 9.17) is 5.73 Å². The van der Waals surface area contributed by atoms with Crippen molar-refractivity contribution in [3.05, 3.63) is 29.6 Å². The molecule has 0 spiro atoms. The maximum Gasteiger partial charge on any atom is 0.0547 e.